The third kappa shape index (κ3) is 2.36. The first-order chi connectivity index (χ1) is 8.22. The summed E-state index contributed by atoms with van der Waals surface area (Å²) in [6.45, 7) is 2.12. The average molecular weight is 231 g/mol. The molecule has 0 radical (unpaired) electrons. The largest absolute Gasteiger partial charge is 0.477 e. The molecule has 88 valence electrons. The van der Waals surface area contributed by atoms with Gasteiger partial charge in [0.2, 0.25) is 0 Å². The van der Waals surface area contributed by atoms with Crippen LogP contribution in [0.5, 0.6) is 0 Å². The fourth-order valence-electron chi connectivity index (χ4n) is 1.71. The number of hydrogen-bond acceptors (Lipinski definition) is 3. The molecule has 4 nitrogen and oxygen atoms in total. The first kappa shape index (κ1) is 11.4. The second-order valence-electron chi connectivity index (χ2n) is 3.82. The van der Waals surface area contributed by atoms with Gasteiger partial charge in [-0.15, -0.1) is 0 Å². The van der Waals surface area contributed by atoms with Crippen molar-refractivity contribution in [3.05, 3.63) is 41.6 Å². The lowest BCUT2D eigenvalue weighted by Gasteiger charge is -2.01. The lowest BCUT2D eigenvalue weighted by Crippen LogP contribution is -1.95. The molecule has 1 aromatic carbocycles. The molecule has 4 heteroatoms. The third-order valence-corrected chi connectivity index (χ3v) is 2.56. The molecule has 0 fully saturated rings. The highest BCUT2D eigenvalue weighted by Gasteiger charge is 2.16. The first-order valence-corrected chi connectivity index (χ1v) is 5.49. The summed E-state index contributed by atoms with van der Waals surface area (Å²) in [5.74, 6) is -0.723. The third-order valence-electron chi connectivity index (χ3n) is 2.56. The predicted octanol–water partition coefficient (Wildman–Crippen LogP) is 2.99. The maximum absolute atomic E-state index is 10.9. The molecule has 0 saturated heterocycles. The zero-order chi connectivity index (χ0) is 12.3. The summed E-state index contributed by atoms with van der Waals surface area (Å²) in [7, 11) is 0. The molecule has 0 aliphatic heterocycles. The minimum Gasteiger partial charge on any atom is -0.477 e. The summed E-state index contributed by atoms with van der Waals surface area (Å²) in [6, 6.07) is 7.68. The minimum atomic E-state index is -1.03. The number of aromatic carboxylic acids is 1. The van der Waals surface area contributed by atoms with E-state index in [1.807, 2.05) is 24.3 Å². The number of nitrogens with zero attached hydrogens (tertiary/aromatic N) is 1. The van der Waals surface area contributed by atoms with Gasteiger partial charge in [-0.05, 0) is 12.0 Å². The molecule has 2 aromatic rings. The molecule has 1 aromatic heterocycles. The molecule has 0 aliphatic rings. The Hall–Kier alpha value is -2.10. The second kappa shape index (κ2) is 4.82. The summed E-state index contributed by atoms with van der Waals surface area (Å²) in [6.07, 6.45) is 3.32. The van der Waals surface area contributed by atoms with E-state index in [-0.39, 0.29) is 5.56 Å². The van der Waals surface area contributed by atoms with Crippen LogP contribution in [-0.4, -0.2) is 16.2 Å². The van der Waals surface area contributed by atoms with Gasteiger partial charge >= 0.3 is 5.97 Å². The monoisotopic (exact) mass is 231 g/mol. The van der Waals surface area contributed by atoms with Crippen molar-refractivity contribution >= 4 is 5.97 Å². The van der Waals surface area contributed by atoms with E-state index in [1.54, 1.807) is 0 Å². The maximum Gasteiger partial charge on any atom is 0.341 e. The van der Waals surface area contributed by atoms with Crippen LogP contribution in [0, 0.1) is 0 Å². The summed E-state index contributed by atoms with van der Waals surface area (Å²) >= 11 is 0. The molecular formula is C13H13NO3. The summed E-state index contributed by atoms with van der Waals surface area (Å²) in [5, 5.41) is 12.5. The average Bonchev–Trinajstić information content (AvgIpc) is 2.79. The molecule has 0 atom stereocenters. The van der Waals surface area contributed by atoms with Crippen LogP contribution in [0.2, 0.25) is 0 Å². The predicted molar refractivity (Wildman–Crippen MR) is 62.9 cm³/mol. The number of carboxylic acid groups (broad SMARTS) is 1. The molecule has 17 heavy (non-hydrogen) atoms. The van der Waals surface area contributed by atoms with Gasteiger partial charge < -0.3 is 9.63 Å². The van der Waals surface area contributed by atoms with Crippen molar-refractivity contribution in [2.75, 3.05) is 0 Å². The van der Waals surface area contributed by atoms with Gasteiger partial charge in [0.05, 0.1) is 6.20 Å². The molecule has 1 N–H and O–H groups in total. The fraction of sp³-hybridized carbons (Fsp3) is 0.231. The van der Waals surface area contributed by atoms with Crippen molar-refractivity contribution in [1.82, 2.24) is 5.16 Å². The summed E-state index contributed by atoms with van der Waals surface area (Å²) < 4.78 is 4.98. The normalized spacial score (nSPS) is 10.4. The summed E-state index contributed by atoms with van der Waals surface area (Å²) in [4.78, 5) is 10.9. The lowest BCUT2D eigenvalue weighted by atomic mass is 10.0. The van der Waals surface area contributed by atoms with Crippen LogP contribution in [0.1, 0.15) is 29.3 Å². The van der Waals surface area contributed by atoms with Gasteiger partial charge in [-0.3, -0.25) is 0 Å². The van der Waals surface area contributed by atoms with Gasteiger partial charge in [0.15, 0.2) is 5.76 Å². The Bertz CT molecular complexity index is 514. The molecule has 0 unspecified atom stereocenters. The van der Waals surface area contributed by atoms with Gasteiger partial charge in [0.1, 0.15) is 5.56 Å². The van der Waals surface area contributed by atoms with E-state index in [9.17, 15) is 4.79 Å². The van der Waals surface area contributed by atoms with Crippen molar-refractivity contribution in [1.29, 1.82) is 0 Å². The Morgan fingerprint density at radius 3 is 2.65 bits per heavy atom. The number of carboxylic acids is 1. The van der Waals surface area contributed by atoms with Crippen LogP contribution in [0.3, 0.4) is 0 Å². The van der Waals surface area contributed by atoms with Crippen LogP contribution in [0.15, 0.2) is 35.0 Å². The standard InChI is InChI=1S/C13H13NO3/c1-2-3-9-4-6-10(7-5-9)12-11(13(15)16)8-14-17-12/h4-8H,2-3H2,1H3,(H,15,16). The van der Waals surface area contributed by atoms with Gasteiger partial charge in [-0.1, -0.05) is 42.8 Å². The van der Waals surface area contributed by atoms with Crippen molar-refractivity contribution in [2.24, 2.45) is 0 Å². The summed E-state index contributed by atoms with van der Waals surface area (Å²) in [5.41, 5.74) is 2.06. The number of aryl methyl sites for hydroxylation is 1. The van der Waals surface area contributed by atoms with Crippen molar-refractivity contribution in [3.63, 3.8) is 0 Å². The SMILES string of the molecule is CCCc1ccc(-c2oncc2C(=O)O)cc1. The number of aromatic nitrogens is 1. The quantitative estimate of drug-likeness (QED) is 0.878. The molecular weight excluding hydrogens is 218 g/mol. The van der Waals surface area contributed by atoms with Crippen molar-refractivity contribution in [3.8, 4) is 11.3 Å². The van der Waals surface area contributed by atoms with E-state index < -0.39 is 5.97 Å². The van der Waals surface area contributed by atoms with Gasteiger partial charge in [-0.25, -0.2) is 4.79 Å². The molecule has 2 rings (SSSR count). The Kier molecular flexibility index (Phi) is 3.23. The molecule has 0 spiro atoms. The maximum atomic E-state index is 10.9. The van der Waals surface area contributed by atoms with Crippen molar-refractivity contribution in [2.45, 2.75) is 19.8 Å². The Balaban J connectivity index is 2.33. The molecule has 0 aliphatic carbocycles. The Morgan fingerprint density at radius 2 is 2.06 bits per heavy atom. The van der Waals surface area contributed by atoms with E-state index >= 15 is 0 Å². The van der Waals surface area contributed by atoms with E-state index in [2.05, 4.69) is 12.1 Å². The highest BCUT2D eigenvalue weighted by Crippen LogP contribution is 2.24. The molecule has 0 amide bonds. The highest BCUT2D eigenvalue weighted by atomic mass is 16.5. The number of rotatable bonds is 4. The van der Waals surface area contributed by atoms with Crippen LogP contribution < -0.4 is 0 Å². The minimum absolute atomic E-state index is 0.0910. The first-order valence-electron chi connectivity index (χ1n) is 5.49. The zero-order valence-electron chi connectivity index (χ0n) is 9.51. The van der Waals surface area contributed by atoms with E-state index in [4.69, 9.17) is 9.63 Å². The van der Waals surface area contributed by atoms with Gasteiger partial charge in [0, 0.05) is 5.56 Å². The topological polar surface area (TPSA) is 63.3 Å². The van der Waals surface area contributed by atoms with Crippen molar-refractivity contribution < 1.29 is 14.4 Å². The smallest absolute Gasteiger partial charge is 0.341 e. The van der Waals surface area contributed by atoms with Crippen LogP contribution in [-0.2, 0) is 6.42 Å². The highest BCUT2D eigenvalue weighted by molar-refractivity contribution is 5.93. The Morgan fingerprint density at radius 1 is 1.35 bits per heavy atom. The second-order valence-corrected chi connectivity index (χ2v) is 3.82. The van der Waals surface area contributed by atoms with Crippen LogP contribution in [0.4, 0.5) is 0 Å². The number of carbonyl (C=O) groups is 1. The number of hydrogen-bond donors (Lipinski definition) is 1. The van der Waals surface area contributed by atoms with E-state index in [0.717, 1.165) is 18.4 Å². The van der Waals surface area contributed by atoms with E-state index in [1.165, 1.54) is 11.8 Å². The zero-order valence-corrected chi connectivity index (χ0v) is 9.51. The van der Waals surface area contributed by atoms with Gasteiger partial charge in [-0.2, -0.15) is 0 Å². The fourth-order valence-corrected chi connectivity index (χ4v) is 1.71. The van der Waals surface area contributed by atoms with Gasteiger partial charge in [0.25, 0.3) is 0 Å². The van der Waals surface area contributed by atoms with Crippen LogP contribution in [0.25, 0.3) is 11.3 Å². The van der Waals surface area contributed by atoms with Crippen LogP contribution >= 0.6 is 0 Å². The molecule has 0 saturated carbocycles. The lowest BCUT2D eigenvalue weighted by molar-refractivity contribution is 0.0697. The molecule has 1 heterocycles. The molecule has 0 bridgehead atoms. The van der Waals surface area contributed by atoms with E-state index in [0.29, 0.717) is 5.76 Å². The Labute approximate surface area is 98.9 Å². The number of benzene rings is 1.